The number of carbonyl (C=O) groups is 2. The highest BCUT2D eigenvalue weighted by molar-refractivity contribution is 5.86. The zero-order chi connectivity index (χ0) is 38.1. The van der Waals surface area contributed by atoms with Crippen LogP contribution in [0.3, 0.4) is 0 Å². The third kappa shape index (κ3) is 7.63. The highest BCUT2D eigenvalue weighted by Gasteiger charge is 2.36. The molecule has 10 nitrogen and oxygen atoms in total. The summed E-state index contributed by atoms with van der Waals surface area (Å²) in [6.45, 7) is 9.76. The van der Waals surface area contributed by atoms with Crippen LogP contribution >= 0.6 is 0 Å². The van der Waals surface area contributed by atoms with Crippen LogP contribution < -0.4 is 4.74 Å². The first-order valence-electron chi connectivity index (χ1n) is 18.1. The Kier molecular flexibility index (Phi) is 10.6. The van der Waals surface area contributed by atoms with Gasteiger partial charge in [-0.15, -0.1) is 0 Å². The molecule has 280 valence electrons. The summed E-state index contributed by atoms with van der Waals surface area (Å²) in [6, 6.07) is 15.3. The van der Waals surface area contributed by atoms with Gasteiger partial charge in [0.1, 0.15) is 18.2 Å². The second kappa shape index (κ2) is 15.0. The summed E-state index contributed by atoms with van der Waals surface area (Å²) in [5.74, 6) is -1.00. The van der Waals surface area contributed by atoms with Crippen LogP contribution in [0.15, 0.2) is 60.8 Å². The van der Waals surface area contributed by atoms with Crippen molar-refractivity contribution in [2.45, 2.75) is 84.3 Å². The number of H-pyrrole nitrogens is 1. The minimum absolute atomic E-state index is 0.125. The highest BCUT2D eigenvalue weighted by atomic mass is 19.1. The number of hydrogen-bond acceptors (Lipinski definition) is 7. The van der Waals surface area contributed by atoms with Crippen molar-refractivity contribution in [2.75, 3.05) is 13.7 Å². The molecule has 12 heteroatoms. The number of ether oxygens (including phenoxy) is 3. The van der Waals surface area contributed by atoms with Gasteiger partial charge in [-0.25, -0.2) is 23.2 Å². The predicted molar refractivity (Wildman–Crippen MR) is 198 cm³/mol. The lowest BCUT2D eigenvalue weighted by Gasteiger charge is -2.35. The van der Waals surface area contributed by atoms with E-state index in [4.69, 9.17) is 24.3 Å². The maximum Gasteiger partial charge on any atom is 0.410 e. The molecule has 5 aromatic rings. The monoisotopic (exact) mass is 727 g/mol. The van der Waals surface area contributed by atoms with Gasteiger partial charge in [0.05, 0.1) is 23.5 Å². The van der Waals surface area contributed by atoms with E-state index in [0.29, 0.717) is 48.2 Å². The number of esters is 1. The minimum Gasteiger partial charge on any atom is -0.466 e. The van der Waals surface area contributed by atoms with Crippen LogP contribution in [0, 0.1) is 17.6 Å². The second-order valence-corrected chi connectivity index (χ2v) is 14.8. The molecule has 0 saturated heterocycles. The second-order valence-electron chi connectivity index (χ2n) is 14.8. The molecule has 0 aliphatic carbocycles. The molecule has 2 unspecified atom stereocenters. The van der Waals surface area contributed by atoms with Crippen LogP contribution in [-0.2, 0) is 39.8 Å². The number of rotatable bonds is 5. The first kappa shape index (κ1) is 37.5. The molecular weight excluding hydrogens is 680 g/mol. The molecule has 53 heavy (non-hydrogen) atoms. The Bertz CT molecular complexity index is 2140. The number of carbonyl (C=O) groups excluding carboxylic acids is 2. The van der Waals surface area contributed by atoms with Gasteiger partial charge in [-0.3, -0.25) is 4.79 Å². The number of aromatic nitrogens is 4. The van der Waals surface area contributed by atoms with Crippen LogP contribution in [0.5, 0.6) is 11.5 Å². The third-order valence-corrected chi connectivity index (χ3v) is 10.6. The fraction of sp³-hybridized carbons (Fsp3) is 0.415. The zero-order valence-corrected chi connectivity index (χ0v) is 31.4. The summed E-state index contributed by atoms with van der Waals surface area (Å²) in [6.07, 6.45) is 4.45. The van der Waals surface area contributed by atoms with Crippen LogP contribution in [0.2, 0.25) is 0 Å². The highest BCUT2D eigenvalue weighted by Crippen LogP contribution is 2.40. The molecule has 2 aromatic heterocycles. The van der Waals surface area contributed by atoms with E-state index in [1.807, 2.05) is 39.0 Å². The number of halogens is 2. The lowest BCUT2D eigenvalue weighted by molar-refractivity contribution is -0.147. The Morgan fingerprint density at radius 3 is 2.58 bits per heavy atom. The van der Waals surface area contributed by atoms with Gasteiger partial charge in [-0.2, -0.15) is 5.10 Å². The molecule has 0 spiro atoms. The van der Waals surface area contributed by atoms with Crippen molar-refractivity contribution in [3.63, 3.8) is 0 Å². The molecule has 3 aromatic carbocycles. The summed E-state index contributed by atoms with van der Waals surface area (Å²) < 4.78 is 50.2. The smallest absolute Gasteiger partial charge is 0.410 e. The SMILES string of the molecule is CCOC(=O)C(C)Cc1cccc(C2(C)CCCCC(C)(C)N(C)C(=O)OCc3c(c(F)cc4[nH]ccc34)Oc3ccc(F)c(c3)-c3nc2nn3C)c1. The molecule has 0 saturated carbocycles. The standard InChI is InChI=1S/C41H47F2N5O5/c1-8-51-37(49)25(2)20-26-12-11-13-27(21-26)41(5)18-10-9-17-40(3,4)47(6)39(50)52-24-31-29-16-19-44-34(29)23-33(43)35(31)53-28-14-15-32(42)30(22-28)36-45-38(41)46-48(36)7/h11-16,19,21-23,25,44H,8-10,17-18,20,24H2,1-7H3. The molecule has 4 bridgehead atoms. The fourth-order valence-electron chi connectivity index (χ4n) is 7.02. The number of fused-ring (bicyclic) bond motifs is 8. The number of hydrogen-bond donors (Lipinski definition) is 1. The maximum absolute atomic E-state index is 15.7. The third-order valence-electron chi connectivity index (χ3n) is 10.6. The van der Waals surface area contributed by atoms with Gasteiger partial charge in [0.15, 0.2) is 23.2 Å². The zero-order valence-electron chi connectivity index (χ0n) is 31.4. The normalized spacial score (nSPS) is 18.6. The Morgan fingerprint density at radius 1 is 1.04 bits per heavy atom. The summed E-state index contributed by atoms with van der Waals surface area (Å²) in [5.41, 5.74) is 1.61. The Labute approximate surface area is 308 Å². The molecule has 1 amide bonds. The first-order valence-corrected chi connectivity index (χ1v) is 18.1. The van der Waals surface area contributed by atoms with Gasteiger partial charge < -0.3 is 24.1 Å². The Morgan fingerprint density at radius 2 is 1.81 bits per heavy atom. The number of cyclic esters (lactones) is 1. The topological polar surface area (TPSA) is 112 Å². The van der Waals surface area contributed by atoms with E-state index in [1.54, 1.807) is 42.9 Å². The van der Waals surface area contributed by atoms with Crippen molar-refractivity contribution >= 4 is 23.0 Å². The molecular formula is C41H47F2N5O5. The largest absolute Gasteiger partial charge is 0.466 e. The van der Waals surface area contributed by atoms with E-state index in [2.05, 4.69) is 18.0 Å². The van der Waals surface area contributed by atoms with Crippen molar-refractivity contribution in [2.24, 2.45) is 13.0 Å². The van der Waals surface area contributed by atoms with Crippen LogP contribution in [0.1, 0.15) is 82.8 Å². The van der Waals surface area contributed by atoms with Crippen LogP contribution in [0.4, 0.5) is 13.6 Å². The molecule has 1 aliphatic heterocycles. The molecule has 0 radical (unpaired) electrons. The summed E-state index contributed by atoms with van der Waals surface area (Å²) in [7, 11) is 3.42. The number of nitrogens with zero attached hydrogens (tertiary/aromatic N) is 4. The summed E-state index contributed by atoms with van der Waals surface area (Å²) >= 11 is 0. The molecule has 3 heterocycles. The molecule has 1 aliphatic rings. The van der Waals surface area contributed by atoms with Gasteiger partial charge in [0.2, 0.25) is 0 Å². The van der Waals surface area contributed by atoms with E-state index in [0.717, 1.165) is 24.0 Å². The van der Waals surface area contributed by atoms with E-state index in [1.165, 1.54) is 24.3 Å². The van der Waals surface area contributed by atoms with Crippen molar-refractivity contribution in [3.8, 4) is 22.9 Å². The minimum atomic E-state index is -0.717. The lowest BCUT2D eigenvalue weighted by Crippen LogP contribution is -2.45. The van der Waals surface area contributed by atoms with Gasteiger partial charge in [-0.05, 0) is 82.3 Å². The number of aryl methyl sites for hydroxylation is 1. The summed E-state index contributed by atoms with van der Waals surface area (Å²) in [4.78, 5) is 35.5. The van der Waals surface area contributed by atoms with Crippen molar-refractivity contribution in [1.82, 2.24) is 24.6 Å². The number of amides is 1. The molecule has 1 N–H and O–H groups in total. The quantitative estimate of drug-likeness (QED) is 0.180. The molecule has 6 rings (SSSR count). The predicted octanol–water partition coefficient (Wildman–Crippen LogP) is 9.00. The van der Waals surface area contributed by atoms with E-state index < -0.39 is 28.7 Å². The number of nitrogens with one attached hydrogen (secondary N) is 1. The summed E-state index contributed by atoms with van der Waals surface area (Å²) in [5, 5.41) is 5.49. The van der Waals surface area contributed by atoms with Gasteiger partial charge in [0.25, 0.3) is 0 Å². The van der Waals surface area contributed by atoms with Crippen molar-refractivity contribution in [1.29, 1.82) is 0 Å². The van der Waals surface area contributed by atoms with Gasteiger partial charge in [0, 0.05) is 48.4 Å². The van der Waals surface area contributed by atoms with Gasteiger partial charge in [-0.1, -0.05) is 44.0 Å². The number of aromatic amines is 1. The molecule has 0 fully saturated rings. The maximum atomic E-state index is 15.7. The van der Waals surface area contributed by atoms with E-state index >= 15 is 8.78 Å². The van der Waals surface area contributed by atoms with E-state index in [9.17, 15) is 9.59 Å². The average Bonchev–Trinajstić information content (AvgIpc) is 3.76. The number of benzene rings is 3. The van der Waals surface area contributed by atoms with Crippen molar-refractivity contribution in [3.05, 3.63) is 94.9 Å². The fourth-order valence-corrected chi connectivity index (χ4v) is 7.02. The van der Waals surface area contributed by atoms with E-state index in [-0.39, 0.29) is 41.4 Å². The first-order chi connectivity index (χ1) is 25.2. The van der Waals surface area contributed by atoms with Gasteiger partial charge >= 0.3 is 12.1 Å². The van der Waals surface area contributed by atoms with Crippen LogP contribution in [-0.4, -0.2) is 55.9 Å². The van der Waals surface area contributed by atoms with Crippen LogP contribution in [0.25, 0.3) is 22.3 Å². The molecule has 2 atom stereocenters. The Hall–Kier alpha value is -5.26. The lowest BCUT2D eigenvalue weighted by atomic mass is 9.76. The average molecular weight is 728 g/mol. The van der Waals surface area contributed by atoms with Crippen molar-refractivity contribution < 1.29 is 32.6 Å². The Balaban J connectivity index is 1.45.